The first-order valence-corrected chi connectivity index (χ1v) is 13.5. The quantitative estimate of drug-likeness (QED) is 0.569. The van der Waals surface area contributed by atoms with E-state index in [2.05, 4.69) is 15.2 Å². The Morgan fingerprint density at radius 2 is 1.78 bits per heavy atom. The van der Waals surface area contributed by atoms with Crippen molar-refractivity contribution in [2.24, 2.45) is 11.8 Å². The van der Waals surface area contributed by atoms with E-state index in [-0.39, 0.29) is 22.6 Å². The highest BCUT2D eigenvalue weighted by atomic mass is 32.2. The van der Waals surface area contributed by atoms with E-state index in [4.69, 9.17) is 0 Å². The van der Waals surface area contributed by atoms with Gasteiger partial charge in [0.15, 0.2) is 5.13 Å². The average Bonchev–Trinajstić information content (AvgIpc) is 3.38. The van der Waals surface area contributed by atoms with Crippen molar-refractivity contribution in [1.82, 2.24) is 9.29 Å². The number of carbonyl (C=O) groups excluding carboxylic acids is 1. The molecular formula is C23H34N4O3S2. The number of thiazole rings is 1. The van der Waals surface area contributed by atoms with Gasteiger partial charge in [0.2, 0.25) is 10.0 Å². The highest BCUT2D eigenvalue weighted by Crippen LogP contribution is 2.30. The lowest BCUT2D eigenvalue weighted by Gasteiger charge is -2.27. The van der Waals surface area contributed by atoms with Crippen LogP contribution in [0, 0.1) is 18.8 Å². The van der Waals surface area contributed by atoms with Gasteiger partial charge in [0.05, 0.1) is 10.5 Å². The van der Waals surface area contributed by atoms with Crippen molar-refractivity contribution in [3.8, 4) is 0 Å². The fraction of sp³-hybridized carbons (Fsp3) is 0.565. The fourth-order valence-corrected chi connectivity index (χ4v) is 6.36. The Bertz CT molecular complexity index is 1030. The fourth-order valence-electron chi connectivity index (χ4n) is 3.90. The van der Waals surface area contributed by atoms with Crippen molar-refractivity contribution in [3.63, 3.8) is 0 Å². The molecular weight excluding hydrogens is 444 g/mol. The van der Waals surface area contributed by atoms with Gasteiger partial charge in [-0.2, -0.15) is 4.31 Å². The summed E-state index contributed by atoms with van der Waals surface area (Å²) in [6, 6.07) is 4.95. The summed E-state index contributed by atoms with van der Waals surface area (Å²) in [6.45, 7) is 12.5. The first kappa shape index (κ1) is 24.7. The summed E-state index contributed by atoms with van der Waals surface area (Å²) in [5, 5.41) is 3.36. The molecule has 9 heteroatoms. The second-order valence-corrected chi connectivity index (χ2v) is 12.4. The lowest BCUT2D eigenvalue weighted by atomic mass is 10.1. The largest absolute Gasteiger partial charge is 0.371 e. The van der Waals surface area contributed by atoms with Crippen molar-refractivity contribution < 1.29 is 13.2 Å². The highest BCUT2D eigenvalue weighted by molar-refractivity contribution is 7.89. The molecule has 1 fully saturated rings. The van der Waals surface area contributed by atoms with Gasteiger partial charge in [0, 0.05) is 42.9 Å². The number of amides is 1. The van der Waals surface area contributed by atoms with Crippen LogP contribution in [0.4, 0.5) is 10.8 Å². The van der Waals surface area contributed by atoms with Gasteiger partial charge in [0.25, 0.3) is 5.91 Å². The van der Waals surface area contributed by atoms with Crippen molar-refractivity contribution in [2.75, 3.05) is 36.4 Å². The van der Waals surface area contributed by atoms with Gasteiger partial charge in [-0.1, -0.05) is 27.7 Å². The van der Waals surface area contributed by atoms with E-state index in [1.165, 1.54) is 17.4 Å². The summed E-state index contributed by atoms with van der Waals surface area (Å²) in [6.07, 6.45) is 3.82. The van der Waals surface area contributed by atoms with Crippen molar-refractivity contribution in [1.29, 1.82) is 0 Å². The minimum atomic E-state index is -3.73. The van der Waals surface area contributed by atoms with E-state index in [1.54, 1.807) is 22.6 Å². The molecule has 0 radical (unpaired) electrons. The molecule has 1 aromatic heterocycles. The average molecular weight is 479 g/mol. The third-order valence-corrected chi connectivity index (χ3v) is 7.93. The van der Waals surface area contributed by atoms with Gasteiger partial charge in [0.1, 0.15) is 0 Å². The molecule has 1 aliphatic rings. The standard InChI is InChI=1S/C23H34N4O3S2/c1-16(2)14-27(15-17(3)4)32(29,30)19-8-9-21(26-10-6-7-11-26)20(12-19)22(28)25-23-24-13-18(5)31-23/h8-9,12-13,16-17H,6-7,10-11,14-15H2,1-5H3,(H,24,25,28). The lowest BCUT2D eigenvalue weighted by molar-refractivity contribution is 0.102. The first-order valence-electron chi connectivity index (χ1n) is 11.2. The molecule has 0 atom stereocenters. The van der Waals surface area contributed by atoms with Gasteiger partial charge in [-0.3, -0.25) is 10.1 Å². The molecule has 1 aromatic carbocycles. The summed E-state index contributed by atoms with van der Waals surface area (Å²) in [4.78, 5) is 20.7. The lowest BCUT2D eigenvalue weighted by Crippen LogP contribution is -2.37. The summed E-state index contributed by atoms with van der Waals surface area (Å²) in [5.41, 5.74) is 1.14. The van der Waals surface area contributed by atoms with Gasteiger partial charge in [-0.05, 0) is 49.8 Å². The van der Waals surface area contributed by atoms with Crippen LogP contribution in [0.3, 0.4) is 0 Å². The van der Waals surface area contributed by atoms with Gasteiger partial charge >= 0.3 is 0 Å². The number of aryl methyl sites for hydroxylation is 1. The molecule has 176 valence electrons. The summed E-state index contributed by atoms with van der Waals surface area (Å²) in [5.74, 6) is 0.0594. The van der Waals surface area contributed by atoms with E-state index in [9.17, 15) is 13.2 Å². The number of sulfonamides is 1. The number of carbonyl (C=O) groups is 1. The molecule has 1 N–H and O–H groups in total. The monoisotopic (exact) mass is 478 g/mol. The van der Waals surface area contributed by atoms with Crippen LogP contribution < -0.4 is 10.2 Å². The molecule has 1 saturated heterocycles. The molecule has 0 saturated carbocycles. The van der Waals surface area contributed by atoms with E-state index in [0.717, 1.165) is 36.5 Å². The molecule has 1 amide bonds. The van der Waals surface area contributed by atoms with Crippen LogP contribution in [0.1, 0.15) is 55.8 Å². The number of rotatable bonds is 9. The molecule has 0 bridgehead atoms. The normalized spacial score (nSPS) is 14.7. The topological polar surface area (TPSA) is 82.6 Å². The number of aromatic nitrogens is 1. The van der Waals surface area contributed by atoms with E-state index in [1.807, 2.05) is 34.6 Å². The number of anilines is 2. The van der Waals surface area contributed by atoms with Gasteiger partial charge < -0.3 is 4.90 Å². The van der Waals surface area contributed by atoms with Crippen molar-refractivity contribution >= 4 is 38.1 Å². The zero-order valence-corrected chi connectivity index (χ0v) is 21.2. The summed E-state index contributed by atoms with van der Waals surface area (Å²) in [7, 11) is -3.73. The second-order valence-electron chi connectivity index (χ2n) is 9.21. The zero-order chi connectivity index (χ0) is 23.5. The Morgan fingerprint density at radius 1 is 1.16 bits per heavy atom. The van der Waals surface area contributed by atoms with Gasteiger partial charge in [-0.15, -0.1) is 11.3 Å². The van der Waals surface area contributed by atoms with Gasteiger partial charge in [-0.25, -0.2) is 13.4 Å². The second kappa shape index (κ2) is 10.3. The molecule has 1 aliphatic heterocycles. The minimum Gasteiger partial charge on any atom is -0.371 e. The number of benzene rings is 1. The Labute approximate surface area is 195 Å². The van der Waals surface area contributed by atoms with Crippen LogP contribution in [0.2, 0.25) is 0 Å². The predicted octanol–water partition coefficient (Wildman–Crippen LogP) is 4.61. The van der Waals surface area contributed by atoms with Crippen molar-refractivity contribution in [3.05, 3.63) is 34.8 Å². The molecule has 3 rings (SSSR count). The first-order chi connectivity index (χ1) is 15.1. The SMILES string of the molecule is Cc1cnc(NC(=O)c2cc(S(=O)(=O)N(CC(C)C)CC(C)C)ccc2N2CCCC2)s1. The predicted molar refractivity (Wildman–Crippen MR) is 131 cm³/mol. The molecule has 0 unspecified atom stereocenters. The third kappa shape index (κ3) is 5.88. The van der Waals surface area contributed by atoms with E-state index >= 15 is 0 Å². The number of hydrogen-bond acceptors (Lipinski definition) is 6. The molecule has 32 heavy (non-hydrogen) atoms. The Kier molecular flexibility index (Phi) is 7.95. The number of hydrogen-bond donors (Lipinski definition) is 1. The van der Waals surface area contributed by atoms with Crippen LogP contribution in [0.25, 0.3) is 0 Å². The molecule has 0 aliphatic carbocycles. The maximum absolute atomic E-state index is 13.5. The third-order valence-electron chi connectivity index (χ3n) is 5.28. The van der Waals surface area contributed by atoms with Crippen molar-refractivity contribution in [2.45, 2.75) is 52.4 Å². The molecule has 2 aromatic rings. The van der Waals surface area contributed by atoms with Crippen LogP contribution in [0.15, 0.2) is 29.3 Å². The highest BCUT2D eigenvalue weighted by Gasteiger charge is 2.29. The molecule has 0 spiro atoms. The number of nitrogens with zero attached hydrogens (tertiary/aromatic N) is 3. The van der Waals surface area contributed by atoms with Crippen LogP contribution >= 0.6 is 11.3 Å². The number of nitrogens with one attached hydrogen (secondary N) is 1. The maximum atomic E-state index is 13.5. The minimum absolute atomic E-state index is 0.155. The Balaban J connectivity index is 2.01. The molecule has 2 heterocycles. The maximum Gasteiger partial charge on any atom is 0.259 e. The van der Waals surface area contributed by atoms with Crippen LogP contribution in [-0.4, -0.2) is 49.8 Å². The van der Waals surface area contributed by atoms with E-state index < -0.39 is 10.0 Å². The van der Waals surface area contributed by atoms with Crippen LogP contribution in [-0.2, 0) is 10.0 Å². The smallest absolute Gasteiger partial charge is 0.259 e. The van der Waals surface area contributed by atoms with E-state index in [0.29, 0.717) is 23.8 Å². The molecule has 7 nitrogen and oxygen atoms in total. The summed E-state index contributed by atoms with van der Waals surface area (Å²) >= 11 is 1.39. The van der Waals surface area contributed by atoms with Crippen LogP contribution in [0.5, 0.6) is 0 Å². The Morgan fingerprint density at radius 3 is 2.31 bits per heavy atom. The Hall–Kier alpha value is -1.97. The summed E-state index contributed by atoms with van der Waals surface area (Å²) < 4.78 is 28.6. The zero-order valence-electron chi connectivity index (χ0n) is 19.6.